The smallest absolute Gasteiger partial charge is 0.230 e. The second-order valence-electron chi connectivity index (χ2n) is 6.25. The van der Waals surface area contributed by atoms with Gasteiger partial charge < -0.3 is 14.6 Å². The summed E-state index contributed by atoms with van der Waals surface area (Å²) in [5.41, 5.74) is 1.46. The van der Waals surface area contributed by atoms with Crippen LogP contribution in [-0.4, -0.2) is 43.2 Å². The van der Waals surface area contributed by atoms with Crippen LogP contribution in [0.25, 0.3) is 11.0 Å². The van der Waals surface area contributed by atoms with Gasteiger partial charge in [-0.1, -0.05) is 0 Å². The summed E-state index contributed by atoms with van der Waals surface area (Å²) >= 11 is 0. The van der Waals surface area contributed by atoms with Gasteiger partial charge in [-0.2, -0.15) is 10.2 Å². The van der Waals surface area contributed by atoms with Crippen LogP contribution in [0.15, 0.2) is 22.8 Å². The molecule has 3 aromatic heterocycles. The van der Waals surface area contributed by atoms with Crippen molar-refractivity contribution in [3.63, 3.8) is 0 Å². The zero-order valence-electron chi connectivity index (χ0n) is 13.9. The lowest BCUT2D eigenvalue weighted by molar-refractivity contribution is -0.128. The summed E-state index contributed by atoms with van der Waals surface area (Å²) in [5.74, 6) is 0.559. The molecule has 0 saturated carbocycles. The van der Waals surface area contributed by atoms with Crippen molar-refractivity contribution in [2.45, 2.75) is 19.9 Å². The number of aryl methyl sites for hydroxylation is 2. The quantitative estimate of drug-likeness (QED) is 0.740. The number of furan rings is 1. The normalized spacial score (nSPS) is 17.6. The largest absolute Gasteiger partial charge is 0.467 e. The number of hydrogen-bond acceptors (Lipinski definition) is 5. The van der Waals surface area contributed by atoms with Crippen LogP contribution in [0.3, 0.4) is 0 Å². The molecule has 3 aromatic rings. The number of nitrogens with zero attached hydrogens (tertiary/aromatic N) is 4. The molecular formula is C16H18N6O3. The Kier molecular flexibility index (Phi) is 3.56. The first-order valence-corrected chi connectivity index (χ1v) is 8.01. The van der Waals surface area contributed by atoms with Crippen LogP contribution in [0.1, 0.15) is 17.9 Å². The fourth-order valence-electron chi connectivity index (χ4n) is 3.24. The Balaban J connectivity index is 1.47. The van der Waals surface area contributed by atoms with Gasteiger partial charge in [0, 0.05) is 20.0 Å². The molecule has 25 heavy (non-hydrogen) atoms. The van der Waals surface area contributed by atoms with Crippen LogP contribution in [0.5, 0.6) is 0 Å². The molecule has 9 nitrogen and oxygen atoms in total. The van der Waals surface area contributed by atoms with Crippen molar-refractivity contribution in [2.24, 2.45) is 13.0 Å². The second kappa shape index (κ2) is 5.76. The molecule has 9 heteroatoms. The average Bonchev–Trinajstić information content (AvgIpc) is 3.31. The van der Waals surface area contributed by atoms with Crippen molar-refractivity contribution in [3.05, 3.63) is 29.9 Å². The Labute approximate surface area is 143 Å². The summed E-state index contributed by atoms with van der Waals surface area (Å²) in [7, 11) is 1.80. The zero-order valence-corrected chi connectivity index (χ0v) is 13.9. The van der Waals surface area contributed by atoms with Crippen molar-refractivity contribution < 1.29 is 14.0 Å². The highest BCUT2D eigenvalue weighted by Gasteiger charge is 2.35. The first-order valence-electron chi connectivity index (χ1n) is 8.01. The van der Waals surface area contributed by atoms with Gasteiger partial charge in [-0.25, -0.2) is 4.68 Å². The first kappa shape index (κ1) is 15.4. The molecule has 4 rings (SSSR count). The molecule has 1 saturated heterocycles. The molecule has 1 aliphatic heterocycles. The number of nitrogens with one attached hydrogen (secondary N) is 2. The van der Waals surface area contributed by atoms with E-state index in [1.807, 2.05) is 13.0 Å². The number of H-pyrrole nitrogens is 1. The highest BCUT2D eigenvalue weighted by Crippen LogP contribution is 2.26. The predicted molar refractivity (Wildman–Crippen MR) is 88.5 cm³/mol. The van der Waals surface area contributed by atoms with E-state index in [4.69, 9.17) is 4.42 Å². The summed E-state index contributed by atoms with van der Waals surface area (Å²) in [6, 6.07) is 3.59. The van der Waals surface area contributed by atoms with Crippen LogP contribution in [-0.2, 0) is 23.2 Å². The fourth-order valence-corrected chi connectivity index (χ4v) is 3.24. The van der Waals surface area contributed by atoms with E-state index < -0.39 is 5.92 Å². The second-order valence-corrected chi connectivity index (χ2v) is 6.25. The van der Waals surface area contributed by atoms with Gasteiger partial charge in [-0.3, -0.25) is 14.7 Å². The van der Waals surface area contributed by atoms with Crippen LogP contribution < -0.4 is 5.32 Å². The minimum absolute atomic E-state index is 0.0520. The highest BCUT2D eigenvalue weighted by molar-refractivity contribution is 6.02. The van der Waals surface area contributed by atoms with E-state index >= 15 is 0 Å². The molecule has 1 aliphatic rings. The van der Waals surface area contributed by atoms with Crippen molar-refractivity contribution in [2.75, 3.05) is 11.9 Å². The van der Waals surface area contributed by atoms with E-state index in [2.05, 4.69) is 20.6 Å². The Morgan fingerprint density at radius 1 is 1.52 bits per heavy atom. The number of carbonyl (C=O) groups excluding carboxylic acids is 2. The zero-order chi connectivity index (χ0) is 17.6. The van der Waals surface area contributed by atoms with Gasteiger partial charge in [0.05, 0.1) is 29.8 Å². The highest BCUT2D eigenvalue weighted by atomic mass is 16.3. The molecule has 4 heterocycles. The lowest BCUT2D eigenvalue weighted by Crippen LogP contribution is -2.28. The van der Waals surface area contributed by atoms with Gasteiger partial charge in [-0.05, 0) is 19.1 Å². The maximum atomic E-state index is 12.6. The van der Waals surface area contributed by atoms with Gasteiger partial charge in [0.1, 0.15) is 11.6 Å². The Morgan fingerprint density at radius 3 is 3.12 bits per heavy atom. The Hall–Kier alpha value is -3.10. The molecule has 2 N–H and O–H groups in total. The minimum atomic E-state index is -0.405. The molecule has 0 spiro atoms. The molecular weight excluding hydrogens is 324 g/mol. The van der Waals surface area contributed by atoms with Gasteiger partial charge in [0.15, 0.2) is 5.65 Å². The number of anilines is 1. The standard InChI is InChI=1S/C16H18N6O3/c1-9-13-14(18-19-15(13)21(2)20-9)17-16(24)10-6-12(23)22(7-10)8-11-4-3-5-25-11/h3-5,10H,6-8H2,1-2H3,(H2,17,18,19,24)/t10-/m0/s1. The van der Waals surface area contributed by atoms with E-state index in [9.17, 15) is 9.59 Å². The monoisotopic (exact) mass is 342 g/mol. The molecule has 0 unspecified atom stereocenters. The third kappa shape index (κ3) is 2.67. The van der Waals surface area contributed by atoms with E-state index in [1.165, 1.54) is 0 Å². The Bertz CT molecular complexity index is 939. The van der Waals surface area contributed by atoms with E-state index in [-0.39, 0.29) is 18.2 Å². The molecule has 130 valence electrons. The van der Waals surface area contributed by atoms with Crippen LogP contribution >= 0.6 is 0 Å². The number of likely N-dealkylation sites (tertiary alicyclic amines) is 1. The average molecular weight is 342 g/mol. The number of rotatable bonds is 4. The van der Waals surface area contributed by atoms with Gasteiger partial charge in [-0.15, -0.1) is 0 Å². The Morgan fingerprint density at radius 2 is 2.36 bits per heavy atom. The third-order valence-corrected chi connectivity index (χ3v) is 4.48. The van der Waals surface area contributed by atoms with E-state index in [0.717, 1.165) is 11.1 Å². The summed E-state index contributed by atoms with van der Waals surface area (Å²) in [4.78, 5) is 26.4. The number of amides is 2. The van der Waals surface area contributed by atoms with Gasteiger partial charge in [0.25, 0.3) is 0 Å². The van der Waals surface area contributed by atoms with Gasteiger partial charge >= 0.3 is 0 Å². The number of fused-ring (bicyclic) bond motifs is 1. The fraction of sp³-hybridized carbons (Fsp3) is 0.375. The predicted octanol–water partition coefficient (Wildman–Crippen LogP) is 1.19. The SMILES string of the molecule is Cc1nn(C)c2n[nH]c(NC(=O)[C@H]3CC(=O)N(Cc4ccco4)C3)c12. The molecule has 0 radical (unpaired) electrons. The van der Waals surface area contributed by atoms with Crippen molar-refractivity contribution in [1.29, 1.82) is 0 Å². The van der Waals surface area contributed by atoms with Crippen LogP contribution in [0.2, 0.25) is 0 Å². The maximum absolute atomic E-state index is 12.6. The molecule has 0 aliphatic carbocycles. The molecule has 1 fully saturated rings. The number of hydrogen-bond donors (Lipinski definition) is 2. The lowest BCUT2D eigenvalue weighted by Gasteiger charge is -2.14. The van der Waals surface area contributed by atoms with Crippen molar-refractivity contribution in [1.82, 2.24) is 24.9 Å². The van der Waals surface area contributed by atoms with Crippen LogP contribution in [0, 0.1) is 12.8 Å². The molecule has 0 aromatic carbocycles. The minimum Gasteiger partial charge on any atom is -0.467 e. The summed E-state index contributed by atoms with van der Waals surface area (Å²) in [6.07, 6.45) is 1.76. The first-order chi connectivity index (χ1) is 12.0. The third-order valence-electron chi connectivity index (χ3n) is 4.48. The van der Waals surface area contributed by atoms with E-state index in [0.29, 0.717) is 30.3 Å². The maximum Gasteiger partial charge on any atom is 0.230 e. The van der Waals surface area contributed by atoms with Crippen LogP contribution in [0.4, 0.5) is 5.82 Å². The number of aromatic amines is 1. The summed E-state index contributed by atoms with van der Waals surface area (Å²) < 4.78 is 6.93. The molecule has 0 bridgehead atoms. The van der Waals surface area contributed by atoms with Crippen molar-refractivity contribution >= 4 is 28.7 Å². The topological polar surface area (TPSA) is 109 Å². The number of carbonyl (C=O) groups is 2. The molecule has 1 atom stereocenters. The summed E-state index contributed by atoms with van der Waals surface area (Å²) in [5, 5.41) is 14.9. The summed E-state index contributed by atoms with van der Waals surface area (Å²) in [6.45, 7) is 2.61. The number of aromatic nitrogens is 4. The lowest BCUT2D eigenvalue weighted by atomic mass is 10.1. The van der Waals surface area contributed by atoms with Crippen molar-refractivity contribution in [3.8, 4) is 0 Å². The van der Waals surface area contributed by atoms with Gasteiger partial charge in [0.2, 0.25) is 11.8 Å². The van der Waals surface area contributed by atoms with E-state index in [1.54, 1.807) is 29.0 Å². The molecule has 2 amide bonds.